The monoisotopic (exact) mass is 365 g/mol. The molecule has 0 aliphatic rings. The Kier molecular flexibility index (Phi) is 4.18. The van der Waals surface area contributed by atoms with Crippen molar-refractivity contribution >= 4 is 34.5 Å². The highest BCUT2D eigenvalue weighted by Crippen LogP contribution is 2.50. The second-order valence-corrected chi connectivity index (χ2v) is 9.71. The van der Waals surface area contributed by atoms with Gasteiger partial charge in [0.1, 0.15) is 5.52 Å². The molecule has 0 aliphatic carbocycles. The number of aromatic nitrogens is 1. The quantitative estimate of drug-likeness (QED) is 0.441. The normalized spacial score (nSPS) is 14.2. The molecule has 132 valence electrons. The fourth-order valence-corrected chi connectivity index (χ4v) is 4.98. The Labute approximate surface area is 152 Å². The second kappa shape index (κ2) is 6.39. The van der Waals surface area contributed by atoms with E-state index in [2.05, 4.69) is 29.2 Å². The summed E-state index contributed by atoms with van der Waals surface area (Å²) >= 11 is 0. The minimum Gasteiger partial charge on any atom is -0.436 e. The summed E-state index contributed by atoms with van der Waals surface area (Å²) in [4.78, 5) is 4.59. The summed E-state index contributed by atoms with van der Waals surface area (Å²) in [5, 5.41) is 2.97. The van der Waals surface area contributed by atoms with Crippen molar-refractivity contribution in [3.63, 3.8) is 0 Å². The molecule has 1 unspecified atom stereocenters. The van der Waals surface area contributed by atoms with Crippen molar-refractivity contribution in [2.75, 3.05) is 7.11 Å². The standard InChI is InChI=1S/C21H20NO3P/c1-14(2)26(23,24-3)18-10-11-19-20(13-18)25-21(22-19)17-9-8-15-6-4-5-7-16(15)12-17/h4-14H,1-3H3. The molecule has 0 spiro atoms. The average molecular weight is 365 g/mol. The maximum Gasteiger partial charge on any atom is 0.234 e. The molecule has 0 saturated carbocycles. The van der Waals surface area contributed by atoms with E-state index in [0.29, 0.717) is 16.8 Å². The van der Waals surface area contributed by atoms with Crippen LogP contribution in [0, 0.1) is 0 Å². The van der Waals surface area contributed by atoms with Crippen molar-refractivity contribution in [2.24, 2.45) is 0 Å². The summed E-state index contributed by atoms with van der Waals surface area (Å²) in [5.74, 6) is 0.555. The number of rotatable bonds is 4. The van der Waals surface area contributed by atoms with Gasteiger partial charge in [-0.2, -0.15) is 0 Å². The predicted molar refractivity (Wildman–Crippen MR) is 106 cm³/mol. The number of fused-ring (bicyclic) bond motifs is 2. The fraction of sp³-hybridized carbons (Fsp3) is 0.190. The van der Waals surface area contributed by atoms with Crippen LogP contribution in [0.5, 0.6) is 0 Å². The molecule has 0 fully saturated rings. The van der Waals surface area contributed by atoms with E-state index in [1.807, 2.05) is 44.2 Å². The number of oxazole rings is 1. The Morgan fingerprint density at radius 1 is 1.00 bits per heavy atom. The zero-order chi connectivity index (χ0) is 18.3. The predicted octanol–water partition coefficient (Wildman–Crippen LogP) is 5.61. The van der Waals surface area contributed by atoms with Crippen LogP contribution < -0.4 is 5.30 Å². The lowest BCUT2D eigenvalue weighted by molar-refractivity contribution is 0.396. The van der Waals surface area contributed by atoms with E-state index in [4.69, 9.17) is 8.94 Å². The second-order valence-electron chi connectivity index (χ2n) is 6.61. The van der Waals surface area contributed by atoms with Gasteiger partial charge in [-0.3, -0.25) is 4.57 Å². The topological polar surface area (TPSA) is 52.3 Å². The molecular formula is C21H20NO3P. The van der Waals surface area contributed by atoms with E-state index in [-0.39, 0.29) is 5.66 Å². The SMILES string of the molecule is COP(=O)(c1ccc2nc(-c3ccc4ccccc4c3)oc2c1)C(C)C. The Balaban J connectivity index is 1.81. The first-order valence-electron chi connectivity index (χ1n) is 8.57. The Morgan fingerprint density at radius 2 is 1.77 bits per heavy atom. The molecular weight excluding hydrogens is 345 g/mol. The van der Waals surface area contributed by atoms with Crippen LogP contribution in [-0.2, 0) is 9.09 Å². The maximum absolute atomic E-state index is 13.1. The first-order valence-corrected chi connectivity index (χ1v) is 10.3. The lowest BCUT2D eigenvalue weighted by Gasteiger charge is -2.19. The van der Waals surface area contributed by atoms with Gasteiger partial charge in [-0.25, -0.2) is 4.98 Å². The first kappa shape index (κ1) is 17.0. The van der Waals surface area contributed by atoms with Crippen LogP contribution in [0.2, 0.25) is 0 Å². The smallest absolute Gasteiger partial charge is 0.234 e. The third-order valence-corrected chi connectivity index (χ3v) is 7.58. The van der Waals surface area contributed by atoms with Crippen LogP contribution in [0.15, 0.2) is 65.1 Å². The molecule has 1 aromatic heterocycles. The lowest BCUT2D eigenvalue weighted by atomic mass is 10.1. The van der Waals surface area contributed by atoms with Gasteiger partial charge in [-0.1, -0.05) is 44.2 Å². The zero-order valence-corrected chi connectivity index (χ0v) is 15.9. The van der Waals surface area contributed by atoms with Crippen LogP contribution in [-0.4, -0.2) is 17.8 Å². The molecule has 4 rings (SSSR count). The molecule has 0 aliphatic heterocycles. The largest absolute Gasteiger partial charge is 0.436 e. The van der Waals surface area contributed by atoms with Crippen LogP contribution in [0.25, 0.3) is 33.3 Å². The molecule has 5 heteroatoms. The van der Waals surface area contributed by atoms with E-state index in [0.717, 1.165) is 16.5 Å². The fourth-order valence-electron chi connectivity index (χ4n) is 3.17. The summed E-state index contributed by atoms with van der Waals surface area (Å²) in [6.07, 6.45) is 0. The first-order chi connectivity index (χ1) is 12.5. The van der Waals surface area contributed by atoms with Crippen molar-refractivity contribution in [1.82, 2.24) is 4.98 Å². The highest BCUT2D eigenvalue weighted by Gasteiger charge is 2.29. The molecule has 0 saturated heterocycles. The minimum atomic E-state index is -2.91. The number of hydrogen-bond acceptors (Lipinski definition) is 4. The summed E-state index contributed by atoms with van der Waals surface area (Å²) in [6.45, 7) is 3.80. The third-order valence-electron chi connectivity index (χ3n) is 4.68. The molecule has 1 atom stereocenters. The van der Waals surface area contributed by atoms with Crippen molar-refractivity contribution in [3.05, 3.63) is 60.7 Å². The molecule has 0 N–H and O–H groups in total. The molecule has 0 radical (unpaired) electrons. The van der Waals surface area contributed by atoms with Gasteiger partial charge in [-0.05, 0) is 41.1 Å². The van der Waals surface area contributed by atoms with Crippen LogP contribution in [0.4, 0.5) is 0 Å². The van der Waals surface area contributed by atoms with Gasteiger partial charge < -0.3 is 8.94 Å². The Morgan fingerprint density at radius 3 is 2.50 bits per heavy atom. The van der Waals surface area contributed by atoms with E-state index in [1.165, 1.54) is 12.5 Å². The van der Waals surface area contributed by atoms with Gasteiger partial charge in [0.2, 0.25) is 13.3 Å². The van der Waals surface area contributed by atoms with E-state index >= 15 is 0 Å². The zero-order valence-electron chi connectivity index (χ0n) is 15.0. The van der Waals surface area contributed by atoms with Gasteiger partial charge in [0, 0.05) is 23.6 Å². The lowest BCUT2D eigenvalue weighted by Crippen LogP contribution is -2.13. The van der Waals surface area contributed by atoms with Crippen LogP contribution >= 0.6 is 7.37 Å². The molecule has 0 amide bonds. The van der Waals surface area contributed by atoms with Crippen LogP contribution in [0.3, 0.4) is 0 Å². The van der Waals surface area contributed by atoms with E-state index in [1.54, 1.807) is 6.07 Å². The van der Waals surface area contributed by atoms with Crippen molar-refractivity contribution in [2.45, 2.75) is 19.5 Å². The highest BCUT2D eigenvalue weighted by molar-refractivity contribution is 7.67. The number of nitrogens with zero attached hydrogens (tertiary/aromatic N) is 1. The minimum absolute atomic E-state index is 0.104. The summed E-state index contributed by atoms with van der Waals surface area (Å²) in [5.41, 5.74) is 2.17. The Bertz CT molecular complexity index is 1150. The molecule has 4 aromatic rings. The Hall–Kier alpha value is -2.42. The molecule has 0 bridgehead atoms. The highest BCUT2D eigenvalue weighted by atomic mass is 31.2. The molecule has 26 heavy (non-hydrogen) atoms. The molecule has 1 heterocycles. The molecule has 4 nitrogen and oxygen atoms in total. The maximum atomic E-state index is 13.1. The van der Waals surface area contributed by atoms with E-state index < -0.39 is 7.37 Å². The number of benzene rings is 3. The number of hydrogen-bond donors (Lipinski definition) is 0. The van der Waals surface area contributed by atoms with Gasteiger partial charge >= 0.3 is 0 Å². The van der Waals surface area contributed by atoms with Crippen LogP contribution in [0.1, 0.15) is 13.8 Å². The van der Waals surface area contributed by atoms with E-state index in [9.17, 15) is 4.57 Å². The van der Waals surface area contributed by atoms with Crippen molar-refractivity contribution in [3.8, 4) is 11.5 Å². The van der Waals surface area contributed by atoms with Crippen molar-refractivity contribution in [1.29, 1.82) is 0 Å². The average Bonchev–Trinajstić information content (AvgIpc) is 3.10. The third kappa shape index (κ3) is 2.76. The summed E-state index contributed by atoms with van der Waals surface area (Å²) in [7, 11) is -1.42. The van der Waals surface area contributed by atoms with Crippen molar-refractivity contribution < 1.29 is 13.5 Å². The summed E-state index contributed by atoms with van der Waals surface area (Å²) in [6, 6.07) is 19.7. The van der Waals surface area contributed by atoms with Gasteiger partial charge in [0.25, 0.3) is 0 Å². The van der Waals surface area contributed by atoms with Gasteiger partial charge in [0.05, 0.1) is 0 Å². The van der Waals surface area contributed by atoms with Gasteiger partial charge in [0.15, 0.2) is 5.58 Å². The van der Waals surface area contributed by atoms with Gasteiger partial charge in [-0.15, -0.1) is 0 Å². The molecule has 3 aromatic carbocycles. The summed E-state index contributed by atoms with van der Waals surface area (Å²) < 4.78 is 24.4.